The van der Waals surface area contributed by atoms with Crippen LogP contribution in [0, 0.1) is 0 Å². The number of aromatic nitrogens is 1. The zero-order chi connectivity index (χ0) is 30.3. The summed E-state index contributed by atoms with van der Waals surface area (Å²) in [4.78, 5) is 38.5. The van der Waals surface area contributed by atoms with Gasteiger partial charge in [0.2, 0.25) is 0 Å². The number of hydrogen-bond acceptors (Lipinski definition) is 7. The average molecular weight is 586 g/mol. The molecule has 0 saturated carbocycles. The van der Waals surface area contributed by atoms with Gasteiger partial charge in [0.15, 0.2) is 17.2 Å². The molecule has 1 aliphatic rings. The highest BCUT2D eigenvalue weighted by Crippen LogP contribution is 2.34. The Morgan fingerprint density at radius 2 is 1.43 bits per heavy atom. The number of carboxylic acids is 1. The molecule has 0 spiro atoms. The van der Waals surface area contributed by atoms with Gasteiger partial charge in [-0.25, -0.2) is 13.4 Å². The largest absolute Gasteiger partial charge is 0.505 e. The summed E-state index contributed by atoms with van der Waals surface area (Å²) >= 11 is 0. The lowest BCUT2D eigenvalue weighted by atomic mass is 10.0. The zero-order valence-electron chi connectivity index (χ0n) is 22.5. The van der Waals surface area contributed by atoms with Crippen molar-refractivity contribution >= 4 is 39.3 Å². The molecule has 214 valence electrons. The van der Waals surface area contributed by atoms with E-state index in [1.165, 1.54) is 25.4 Å². The van der Waals surface area contributed by atoms with Crippen LogP contribution in [0.1, 0.15) is 28.8 Å². The second-order valence-electron chi connectivity index (χ2n) is 9.10. The van der Waals surface area contributed by atoms with Gasteiger partial charge in [-0.2, -0.15) is 0 Å². The van der Waals surface area contributed by atoms with Crippen molar-refractivity contribution in [2.75, 3.05) is 12.4 Å². The van der Waals surface area contributed by atoms with Gasteiger partial charge in [0.1, 0.15) is 5.82 Å². The Balaban J connectivity index is 0.000000197. The normalized spacial score (nSPS) is 13.3. The van der Waals surface area contributed by atoms with Crippen LogP contribution >= 0.6 is 0 Å². The fraction of sp³-hybridized carbons (Fsp3) is 0.0968. The SMILES string of the molecule is CN1C(C(=O)Nc2ccccn2)=C(O)c2ccccc2S1(=O)=O.O=C(O)CCC(=O)c1ccc(-c2ccccc2)cc1. The number of rotatable bonds is 7. The van der Waals surface area contributed by atoms with Crippen LogP contribution in [-0.2, 0) is 19.6 Å². The molecule has 42 heavy (non-hydrogen) atoms. The number of carbonyl (C=O) groups is 3. The number of ketones is 1. The Kier molecular flexibility index (Phi) is 9.13. The Morgan fingerprint density at radius 3 is 2.07 bits per heavy atom. The lowest BCUT2D eigenvalue weighted by Crippen LogP contribution is -2.37. The van der Waals surface area contributed by atoms with Gasteiger partial charge < -0.3 is 15.5 Å². The summed E-state index contributed by atoms with van der Waals surface area (Å²) in [5, 5.41) is 21.4. The third-order valence-electron chi connectivity index (χ3n) is 6.32. The molecule has 3 aromatic carbocycles. The van der Waals surface area contributed by atoms with E-state index < -0.39 is 27.7 Å². The van der Waals surface area contributed by atoms with Crippen LogP contribution in [0.5, 0.6) is 0 Å². The smallest absolute Gasteiger partial charge is 0.303 e. The molecule has 1 aliphatic heterocycles. The van der Waals surface area contributed by atoms with Crippen molar-refractivity contribution in [1.29, 1.82) is 0 Å². The van der Waals surface area contributed by atoms with Crippen LogP contribution in [0.3, 0.4) is 0 Å². The van der Waals surface area contributed by atoms with E-state index in [-0.39, 0.29) is 40.6 Å². The lowest BCUT2D eigenvalue weighted by molar-refractivity contribution is -0.137. The van der Waals surface area contributed by atoms with E-state index in [1.54, 1.807) is 42.5 Å². The van der Waals surface area contributed by atoms with Crippen molar-refractivity contribution < 1.29 is 33.0 Å². The summed E-state index contributed by atoms with van der Waals surface area (Å²) in [6.45, 7) is 0. The van der Waals surface area contributed by atoms with E-state index in [0.717, 1.165) is 15.4 Å². The number of hydrogen-bond donors (Lipinski definition) is 3. The van der Waals surface area contributed by atoms with Crippen molar-refractivity contribution in [2.45, 2.75) is 17.7 Å². The molecular weight excluding hydrogens is 558 g/mol. The second-order valence-corrected chi connectivity index (χ2v) is 11.0. The molecule has 0 fully saturated rings. The number of aliphatic carboxylic acids is 1. The molecule has 1 amide bonds. The summed E-state index contributed by atoms with van der Waals surface area (Å²) in [5.74, 6) is -1.99. The number of anilines is 1. The molecule has 0 radical (unpaired) electrons. The zero-order valence-corrected chi connectivity index (χ0v) is 23.3. The molecule has 2 heterocycles. The van der Waals surface area contributed by atoms with Gasteiger partial charge in [0.05, 0.1) is 11.3 Å². The minimum Gasteiger partial charge on any atom is -0.505 e. The van der Waals surface area contributed by atoms with Crippen molar-refractivity contribution in [3.63, 3.8) is 0 Å². The van der Waals surface area contributed by atoms with Gasteiger partial charge in [-0.3, -0.25) is 18.7 Å². The fourth-order valence-corrected chi connectivity index (χ4v) is 5.54. The maximum absolute atomic E-state index is 12.5. The predicted molar refractivity (Wildman–Crippen MR) is 157 cm³/mol. The number of carboxylic acid groups (broad SMARTS) is 1. The van der Waals surface area contributed by atoms with E-state index in [4.69, 9.17) is 5.11 Å². The molecule has 0 aliphatic carbocycles. The standard InChI is InChI=1S/C16H14O3.C15H13N3O4S/c17-15(10-11-16(18)19)14-8-6-13(7-9-14)12-4-2-1-3-5-12;1-18-13(15(20)17-12-8-4-5-9-16-12)14(19)10-6-2-3-7-11(10)23(18,21)22/h1-9H,10-11H2,(H,18,19);2-9,19H,1H3,(H,16,17,20). The number of sulfonamides is 1. The minimum absolute atomic E-state index is 0.0417. The van der Waals surface area contributed by atoms with E-state index in [9.17, 15) is 27.9 Å². The number of carbonyl (C=O) groups excluding carboxylic acids is 2. The van der Waals surface area contributed by atoms with Gasteiger partial charge in [-0.05, 0) is 35.4 Å². The monoisotopic (exact) mass is 585 g/mol. The topological polar surface area (TPSA) is 154 Å². The Morgan fingerprint density at radius 1 is 0.810 bits per heavy atom. The first-order valence-electron chi connectivity index (χ1n) is 12.7. The lowest BCUT2D eigenvalue weighted by Gasteiger charge is -2.28. The minimum atomic E-state index is -3.91. The van der Waals surface area contributed by atoms with Crippen LogP contribution in [0.2, 0.25) is 0 Å². The molecule has 5 rings (SSSR count). The average Bonchev–Trinajstić information content (AvgIpc) is 3.00. The van der Waals surface area contributed by atoms with Gasteiger partial charge in [0, 0.05) is 30.8 Å². The van der Waals surface area contributed by atoms with Gasteiger partial charge in [-0.1, -0.05) is 72.8 Å². The van der Waals surface area contributed by atoms with Gasteiger partial charge >= 0.3 is 5.97 Å². The number of amides is 1. The number of benzene rings is 3. The first kappa shape index (κ1) is 29.7. The third kappa shape index (κ3) is 6.70. The molecular formula is C31H27N3O7S. The van der Waals surface area contributed by atoms with Crippen molar-refractivity contribution in [1.82, 2.24) is 9.29 Å². The van der Waals surface area contributed by atoms with Crippen molar-refractivity contribution in [3.8, 4) is 11.1 Å². The Bertz CT molecular complexity index is 1740. The van der Waals surface area contributed by atoms with E-state index in [1.807, 2.05) is 42.5 Å². The maximum atomic E-state index is 12.5. The number of fused-ring (bicyclic) bond motifs is 1. The molecule has 3 N–H and O–H groups in total. The fourth-order valence-electron chi connectivity index (χ4n) is 4.14. The van der Waals surface area contributed by atoms with Gasteiger partial charge in [-0.15, -0.1) is 0 Å². The number of pyridine rings is 1. The number of likely N-dealkylation sites (N-methyl/N-ethyl adjacent to an activating group) is 1. The molecule has 0 unspecified atom stereocenters. The second kappa shape index (κ2) is 12.9. The molecule has 0 saturated heterocycles. The summed E-state index contributed by atoms with van der Waals surface area (Å²) in [6, 6.07) is 28.0. The number of aliphatic hydroxyl groups is 1. The van der Waals surface area contributed by atoms with E-state index >= 15 is 0 Å². The summed E-state index contributed by atoms with van der Waals surface area (Å²) < 4.78 is 25.8. The number of aliphatic hydroxyl groups excluding tert-OH is 1. The van der Waals surface area contributed by atoms with Crippen molar-refractivity contribution in [2.24, 2.45) is 0 Å². The molecule has 0 bridgehead atoms. The highest BCUT2D eigenvalue weighted by atomic mass is 32.2. The quantitative estimate of drug-likeness (QED) is 0.257. The molecule has 1 aromatic heterocycles. The molecule has 10 nitrogen and oxygen atoms in total. The highest BCUT2D eigenvalue weighted by Gasteiger charge is 2.37. The Hall–Kier alpha value is -5.29. The van der Waals surface area contributed by atoms with Crippen LogP contribution < -0.4 is 5.32 Å². The number of Topliss-reactive ketones (excluding diaryl/α,β-unsaturated/α-hetero) is 1. The maximum Gasteiger partial charge on any atom is 0.303 e. The van der Waals surface area contributed by atoms with Crippen LogP contribution in [0.25, 0.3) is 16.9 Å². The van der Waals surface area contributed by atoms with Crippen LogP contribution in [0.15, 0.2) is 114 Å². The molecule has 4 aromatic rings. The number of nitrogens with zero attached hydrogens (tertiary/aromatic N) is 2. The predicted octanol–water partition coefficient (Wildman–Crippen LogP) is 4.98. The summed E-state index contributed by atoms with van der Waals surface area (Å²) in [6.07, 6.45) is 1.40. The van der Waals surface area contributed by atoms with Crippen molar-refractivity contribution in [3.05, 3.63) is 120 Å². The Labute approximate surface area is 242 Å². The van der Waals surface area contributed by atoms with E-state index in [2.05, 4.69) is 10.3 Å². The summed E-state index contributed by atoms with van der Waals surface area (Å²) in [5.41, 5.74) is 2.43. The highest BCUT2D eigenvalue weighted by molar-refractivity contribution is 7.89. The third-order valence-corrected chi connectivity index (χ3v) is 8.14. The first-order chi connectivity index (χ1) is 20.1. The van der Waals surface area contributed by atoms with Crippen LogP contribution in [-0.4, -0.2) is 52.6 Å². The van der Waals surface area contributed by atoms with Gasteiger partial charge in [0.25, 0.3) is 15.9 Å². The molecule has 11 heteroatoms. The first-order valence-corrected chi connectivity index (χ1v) is 14.2. The van der Waals surface area contributed by atoms with E-state index in [0.29, 0.717) is 5.56 Å². The number of nitrogens with one attached hydrogen (secondary N) is 1. The molecule has 0 atom stereocenters. The van der Waals surface area contributed by atoms with Crippen LogP contribution in [0.4, 0.5) is 5.82 Å². The summed E-state index contributed by atoms with van der Waals surface area (Å²) in [7, 11) is -2.69.